The molecule has 1 N–H and O–H groups in total. The van der Waals surface area contributed by atoms with E-state index in [1.54, 1.807) is 11.0 Å². The third kappa shape index (κ3) is 3.59. The van der Waals surface area contributed by atoms with Crippen LogP contribution in [0.25, 0.3) is 0 Å². The van der Waals surface area contributed by atoms with Gasteiger partial charge in [0.2, 0.25) is 5.91 Å². The van der Waals surface area contributed by atoms with Crippen LogP contribution < -0.4 is 5.32 Å². The molecule has 0 fully saturated rings. The van der Waals surface area contributed by atoms with E-state index in [1.165, 1.54) is 0 Å². The van der Waals surface area contributed by atoms with E-state index in [1.807, 2.05) is 48.5 Å². The van der Waals surface area contributed by atoms with Crippen molar-refractivity contribution in [2.75, 3.05) is 5.32 Å². The van der Waals surface area contributed by atoms with Gasteiger partial charge in [0.25, 0.3) is 5.91 Å². The van der Waals surface area contributed by atoms with Crippen LogP contribution in [-0.4, -0.2) is 27.7 Å². The maximum absolute atomic E-state index is 13.2. The summed E-state index contributed by atoms with van der Waals surface area (Å²) in [5.41, 5.74) is 2.45. The molecule has 2 heterocycles. The van der Waals surface area contributed by atoms with Gasteiger partial charge in [-0.1, -0.05) is 59.9 Å². The van der Waals surface area contributed by atoms with Crippen molar-refractivity contribution in [1.82, 2.24) is 9.88 Å². The van der Waals surface area contributed by atoms with Crippen LogP contribution in [-0.2, 0) is 17.8 Å². The van der Waals surface area contributed by atoms with Crippen LogP contribution in [0.4, 0.5) is 9.52 Å². The van der Waals surface area contributed by atoms with Gasteiger partial charge in [-0.15, -0.1) is 0 Å². The summed E-state index contributed by atoms with van der Waals surface area (Å²) in [7, 11) is 0. The van der Waals surface area contributed by atoms with Gasteiger partial charge >= 0.3 is 0 Å². The molecule has 1 atom stereocenters. The van der Waals surface area contributed by atoms with Crippen molar-refractivity contribution in [3.05, 3.63) is 82.6 Å². The quantitative estimate of drug-likeness (QED) is 0.736. The molecule has 136 valence electrons. The summed E-state index contributed by atoms with van der Waals surface area (Å²) in [5.74, 6) is -0.554. The van der Waals surface area contributed by atoms with E-state index in [4.69, 9.17) is 0 Å². The van der Waals surface area contributed by atoms with Gasteiger partial charge in [-0.2, -0.15) is 4.39 Å². The van der Waals surface area contributed by atoms with Gasteiger partial charge in [-0.3, -0.25) is 9.59 Å². The molecule has 3 aromatic rings. The second-order valence-electron chi connectivity index (χ2n) is 6.25. The lowest BCUT2D eigenvalue weighted by Gasteiger charge is -2.26. The van der Waals surface area contributed by atoms with Crippen molar-refractivity contribution < 1.29 is 14.0 Å². The Balaban J connectivity index is 1.62. The van der Waals surface area contributed by atoms with E-state index in [9.17, 15) is 14.0 Å². The number of aromatic nitrogens is 1. The minimum Gasteiger partial charge on any atom is -0.322 e. The third-order valence-electron chi connectivity index (χ3n) is 4.51. The number of halogens is 1. The Morgan fingerprint density at radius 2 is 1.93 bits per heavy atom. The molecule has 7 heteroatoms. The zero-order valence-corrected chi connectivity index (χ0v) is 15.1. The molecule has 0 spiro atoms. The number of nitrogens with zero attached hydrogens (tertiary/aromatic N) is 2. The summed E-state index contributed by atoms with van der Waals surface area (Å²) in [6, 6.07) is 16.1. The molecule has 0 radical (unpaired) electrons. The highest BCUT2D eigenvalue weighted by Gasteiger charge is 2.36. The molecule has 2 aromatic carbocycles. The molecular formula is C20H16FN3O2S. The predicted octanol–water partition coefficient (Wildman–Crippen LogP) is 3.49. The fourth-order valence-corrected chi connectivity index (χ4v) is 3.76. The fraction of sp³-hybridized carbons (Fsp3) is 0.150. The van der Waals surface area contributed by atoms with Gasteiger partial charge in [-0.25, -0.2) is 4.98 Å². The number of anilines is 1. The average molecular weight is 381 g/mol. The molecule has 0 aliphatic carbocycles. The van der Waals surface area contributed by atoms with Gasteiger partial charge in [0.15, 0.2) is 10.3 Å². The van der Waals surface area contributed by atoms with Crippen molar-refractivity contribution >= 4 is 28.3 Å². The standard InChI is InChI=1S/C20H16FN3O2S/c21-17-11-22-20(27-17)23-18(25)16(10-13-6-2-1-3-7-13)24-12-14-8-4-5-9-15(14)19(24)26/h1-9,11,16H,10,12H2,(H,22,23,25)/t16-/m0/s1. The Labute approximate surface area is 159 Å². The van der Waals surface area contributed by atoms with Gasteiger partial charge in [-0.05, 0) is 17.2 Å². The van der Waals surface area contributed by atoms with Crippen LogP contribution in [0.15, 0.2) is 60.8 Å². The Kier molecular flexibility index (Phi) is 4.68. The van der Waals surface area contributed by atoms with Gasteiger partial charge < -0.3 is 10.2 Å². The third-order valence-corrected chi connectivity index (χ3v) is 5.21. The summed E-state index contributed by atoms with van der Waals surface area (Å²) in [4.78, 5) is 31.2. The Morgan fingerprint density at radius 3 is 2.63 bits per heavy atom. The highest BCUT2D eigenvalue weighted by atomic mass is 32.1. The lowest BCUT2D eigenvalue weighted by atomic mass is 10.0. The van der Waals surface area contributed by atoms with Gasteiger partial charge in [0, 0.05) is 18.5 Å². The lowest BCUT2D eigenvalue weighted by molar-refractivity contribution is -0.120. The molecule has 1 aromatic heterocycles. The zero-order chi connectivity index (χ0) is 18.8. The van der Waals surface area contributed by atoms with Crippen LogP contribution in [0, 0.1) is 5.13 Å². The van der Waals surface area contributed by atoms with Crippen molar-refractivity contribution in [2.45, 2.75) is 19.0 Å². The number of fused-ring (bicyclic) bond motifs is 1. The Bertz CT molecular complexity index is 990. The van der Waals surface area contributed by atoms with E-state index in [0.29, 0.717) is 18.5 Å². The number of rotatable bonds is 5. The summed E-state index contributed by atoms with van der Waals surface area (Å²) in [6.07, 6.45) is 1.42. The molecule has 1 aliphatic heterocycles. The molecule has 0 saturated heterocycles. The smallest absolute Gasteiger partial charge is 0.255 e. The second kappa shape index (κ2) is 7.28. The van der Waals surface area contributed by atoms with Crippen LogP contribution in [0.2, 0.25) is 0 Å². The predicted molar refractivity (Wildman–Crippen MR) is 101 cm³/mol. The number of carbonyl (C=O) groups is 2. The zero-order valence-electron chi connectivity index (χ0n) is 14.3. The molecule has 27 heavy (non-hydrogen) atoms. The SMILES string of the molecule is O=C(Nc1ncc(F)s1)[C@H](Cc1ccccc1)N1Cc2ccccc2C1=O. The second-order valence-corrected chi connectivity index (χ2v) is 7.24. The van der Waals surface area contributed by atoms with Gasteiger partial charge in [0.05, 0.1) is 6.20 Å². The number of benzene rings is 2. The highest BCUT2D eigenvalue weighted by Crippen LogP contribution is 2.27. The minimum atomic E-state index is -0.723. The van der Waals surface area contributed by atoms with E-state index in [-0.39, 0.29) is 16.9 Å². The summed E-state index contributed by atoms with van der Waals surface area (Å²) in [5, 5.41) is 2.34. The first-order valence-corrected chi connectivity index (χ1v) is 9.28. The Hall–Kier alpha value is -3.06. The summed E-state index contributed by atoms with van der Waals surface area (Å²) < 4.78 is 13.2. The van der Waals surface area contributed by atoms with Crippen LogP contribution in [0.3, 0.4) is 0 Å². The summed E-state index contributed by atoms with van der Waals surface area (Å²) >= 11 is 0.757. The average Bonchev–Trinajstić information content (AvgIpc) is 3.24. The number of hydrogen-bond acceptors (Lipinski definition) is 4. The Morgan fingerprint density at radius 1 is 1.19 bits per heavy atom. The summed E-state index contributed by atoms with van der Waals surface area (Å²) in [6.45, 7) is 0.367. The molecule has 4 rings (SSSR count). The van der Waals surface area contributed by atoms with Crippen LogP contribution >= 0.6 is 11.3 Å². The molecule has 0 unspecified atom stereocenters. The first kappa shape index (κ1) is 17.4. The molecular weight excluding hydrogens is 365 g/mol. The van der Waals surface area contributed by atoms with Crippen LogP contribution in [0.5, 0.6) is 0 Å². The minimum absolute atomic E-state index is 0.174. The van der Waals surface area contributed by atoms with E-state index in [2.05, 4.69) is 10.3 Å². The lowest BCUT2D eigenvalue weighted by Crippen LogP contribution is -2.45. The van der Waals surface area contributed by atoms with Gasteiger partial charge in [0.1, 0.15) is 6.04 Å². The first-order chi connectivity index (χ1) is 13.1. The maximum Gasteiger partial charge on any atom is 0.255 e. The topological polar surface area (TPSA) is 62.3 Å². The van der Waals surface area contributed by atoms with E-state index < -0.39 is 11.2 Å². The normalized spacial score (nSPS) is 14.1. The first-order valence-electron chi connectivity index (χ1n) is 8.47. The number of amides is 2. The van der Waals surface area contributed by atoms with E-state index in [0.717, 1.165) is 28.7 Å². The number of hydrogen-bond donors (Lipinski definition) is 1. The fourth-order valence-electron chi connectivity index (χ4n) is 3.21. The largest absolute Gasteiger partial charge is 0.322 e. The highest BCUT2D eigenvalue weighted by molar-refractivity contribution is 7.14. The number of carbonyl (C=O) groups excluding carboxylic acids is 2. The number of thiazole rings is 1. The maximum atomic E-state index is 13.2. The number of nitrogens with one attached hydrogen (secondary N) is 1. The van der Waals surface area contributed by atoms with E-state index >= 15 is 0 Å². The monoisotopic (exact) mass is 381 g/mol. The van der Waals surface area contributed by atoms with Crippen molar-refractivity contribution in [3.8, 4) is 0 Å². The molecule has 1 aliphatic rings. The van der Waals surface area contributed by atoms with Crippen molar-refractivity contribution in [1.29, 1.82) is 0 Å². The molecule has 2 amide bonds. The molecule has 0 saturated carbocycles. The van der Waals surface area contributed by atoms with Crippen molar-refractivity contribution in [3.63, 3.8) is 0 Å². The van der Waals surface area contributed by atoms with Crippen molar-refractivity contribution in [2.24, 2.45) is 0 Å². The van der Waals surface area contributed by atoms with Crippen LogP contribution in [0.1, 0.15) is 21.5 Å². The molecule has 0 bridgehead atoms. The molecule has 5 nitrogen and oxygen atoms in total.